The average Bonchev–Trinajstić information content (AvgIpc) is 3.57. The molecule has 0 radical (unpaired) electrons. The zero-order valence-corrected chi connectivity index (χ0v) is 23.6. The number of carbonyl (C=O) groups excluding carboxylic acids is 3. The fourth-order valence-electron chi connectivity index (χ4n) is 5.67. The molecular formula is C33H36N4O5. The van der Waals surface area contributed by atoms with E-state index < -0.39 is 30.1 Å². The molecule has 0 saturated carbocycles. The Morgan fingerprint density at radius 2 is 1.55 bits per heavy atom. The van der Waals surface area contributed by atoms with Crippen molar-refractivity contribution >= 4 is 28.9 Å². The summed E-state index contributed by atoms with van der Waals surface area (Å²) in [6, 6.07) is 22.0. The van der Waals surface area contributed by atoms with Crippen molar-refractivity contribution in [2.75, 3.05) is 20.3 Å². The van der Waals surface area contributed by atoms with Crippen molar-refractivity contribution in [3.8, 4) is 11.1 Å². The Bertz CT molecular complexity index is 1520. The average molecular weight is 569 g/mol. The quantitative estimate of drug-likeness (QED) is 0.148. The molecule has 1 aromatic heterocycles. The van der Waals surface area contributed by atoms with Crippen LogP contribution >= 0.6 is 0 Å². The van der Waals surface area contributed by atoms with Crippen molar-refractivity contribution in [1.29, 1.82) is 0 Å². The van der Waals surface area contributed by atoms with E-state index in [1.165, 1.54) is 7.11 Å². The Kier molecular flexibility index (Phi) is 9.18. The van der Waals surface area contributed by atoms with E-state index in [1.54, 1.807) is 0 Å². The van der Waals surface area contributed by atoms with Crippen molar-refractivity contribution in [3.63, 3.8) is 0 Å². The first-order chi connectivity index (χ1) is 20.5. The number of amides is 2. The summed E-state index contributed by atoms with van der Waals surface area (Å²) in [4.78, 5) is 42.3. The van der Waals surface area contributed by atoms with E-state index in [0.717, 1.165) is 38.7 Å². The number of esters is 1. The molecule has 3 aromatic carbocycles. The van der Waals surface area contributed by atoms with Crippen LogP contribution in [0.1, 0.15) is 41.9 Å². The van der Waals surface area contributed by atoms with Crippen molar-refractivity contribution in [1.82, 2.24) is 15.6 Å². The van der Waals surface area contributed by atoms with Gasteiger partial charge in [0.1, 0.15) is 18.7 Å². The highest BCUT2D eigenvalue weighted by Crippen LogP contribution is 2.44. The topological polar surface area (TPSA) is 136 Å². The number of methoxy groups -OCH3 is 1. The fraction of sp³-hybridized carbons (Fsp3) is 0.303. The standard InChI is InChI=1S/C33H36N4O5/c1-41-32(39)30(18-21-19-35-28-15-7-6-10-22(21)28)36-31(38)29(16-8-9-17-34)37-33(40)42-20-27-25-13-4-2-11-23(25)24-12-3-5-14-26(24)27/h2-7,10-15,19,27,29-30,35H,8-9,16-18,20,34H2,1H3,(H,36,38)(H,37,40)/t29-,30?/m0/s1. The number of rotatable bonds is 12. The summed E-state index contributed by atoms with van der Waals surface area (Å²) in [5.74, 6) is -1.17. The smallest absolute Gasteiger partial charge is 0.407 e. The van der Waals surface area contributed by atoms with Crippen LogP contribution in [0.15, 0.2) is 79.0 Å². The number of aromatic nitrogens is 1. The highest BCUT2D eigenvalue weighted by molar-refractivity contribution is 5.90. The number of nitrogens with one attached hydrogen (secondary N) is 3. The normalized spacial score (nSPS) is 13.6. The molecule has 5 rings (SSSR count). The number of H-pyrrole nitrogens is 1. The lowest BCUT2D eigenvalue weighted by atomic mass is 9.98. The number of alkyl carbamates (subject to hydrolysis) is 1. The summed E-state index contributed by atoms with van der Waals surface area (Å²) < 4.78 is 10.7. The molecule has 0 saturated heterocycles. The van der Waals surface area contributed by atoms with Crippen LogP contribution in [0, 0.1) is 0 Å². The second kappa shape index (κ2) is 13.4. The van der Waals surface area contributed by atoms with Crippen molar-refractivity contribution < 1.29 is 23.9 Å². The predicted molar refractivity (Wildman–Crippen MR) is 161 cm³/mol. The SMILES string of the molecule is COC(=O)C(Cc1c[nH]c2ccccc12)NC(=O)[C@H](CCCCN)NC(=O)OCC1c2ccccc2-c2ccccc21. The number of hydrogen-bond acceptors (Lipinski definition) is 6. The van der Waals surface area contributed by atoms with Gasteiger partial charge < -0.3 is 30.8 Å². The van der Waals surface area contributed by atoms with Crippen LogP contribution in [0.4, 0.5) is 4.79 Å². The van der Waals surface area contributed by atoms with Gasteiger partial charge in [0.2, 0.25) is 5.91 Å². The lowest BCUT2D eigenvalue weighted by Gasteiger charge is -2.22. The maximum absolute atomic E-state index is 13.5. The van der Waals surface area contributed by atoms with Gasteiger partial charge in [-0.05, 0) is 59.7 Å². The Morgan fingerprint density at radius 3 is 2.24 bits per heavy atom. The minimum atomic E-state index is -0.942. The zero-order valence-electron chi connectivity index (χ0n) is 23.6. The third-order valence-corrected chi connectivity index (χ3v) is 7.80. The highest BCUT2D eigenvalue weighted by Gasteiger charge is 2.31. The Morgan fingerprint density at radius 1 is 0.881 bits per heavy atom. The first kappa shape index (κ1) is 28.9. The van der Waals surface area contributed by atoms with Gasteiger partial charge in [0.25, 0.3) is 0 Å². The van der Waals surface area contributed by atoms with Gasteiger partial charge in [-0.25, -0.2) is 9.59 Å². The first-order valence-corrected chi connectivity index (χ1v) is 14.2. The van der Waals surface area contributed by atoms with E-state index >= 15 is 0 Å². The summed E-state index contributed by atoms with van der Waals surface area (Å²) in [5, 5.41) is 6.48. The van der Waals surface area contributed by atoms with Crippen LogP contribution in [0.2, 0.25) is 0 Å². The predicted octanol–water partition coefficient (Wildman–Crippen LogP) is 4.40. The van der Waals surface area contributed by atoms with Gasteiger partial charge in [0.15, 0.2) is 0 Å². The number of carbonyl (C=O) groups is 3. The molecule has 2 atom stereocenters. The third-order valence-electron chi connectivity index (χ3n) is 7.80. The maximum atomic E-state index is 13.5. The number of fused-ring (bicyclic) bond motifs is 4. The minimum Gasteiger partial charge on any atom is -0.467 e. The molecule has 0 aliphatic heterocycles. The Hall–Kier alpha value is -4.63. The number of ether oxygens (including phenoxy) is 2. The third kappa shape index (κ3) is 6.31. The van der Waals surface area contributed by atoms with Crippen LogP contribution in [-0.4, -0.2) is 55.3 Å². The molecule has 9 heteroatoms. The van der Waals surface area contributed by atoms with Gasteiger partial charge in [-0.3, -0.25) is 4.79 Å². The molecule has 1 aliphatic rings. The summed E-state index contributed by atoms with van der Waals surface area (Å²) in [6.07, 6.45) is 2.99. The molecule has 218 valence electrons. The number of aromatic amines is 1. The number of hydrogen-bond donors (Lipinski definition) is 4. The maximum Gasteiger partial charge on any atom is 0.407 e. The number of unbranched alkanes of at least 4 members (excludes halogenated alkanes) is 1. The summed E-state index contributed by atoms with van der Waals surface area (Å²) >= 11 is 0. The van der Waals surface area contributed by atoms with E-state index in [1.807, 2.05) is 66.9 Å². The lowest BCUT2D eigenvalue weighted by Crippen LogP contribution is -2.52. The Balaban J connectivity index is 1.26. The van der Waals surface area contributed by atoms with Crippen LogP contribution in [0.3, 0.4) is 0 Å². The minimum absolute atomic E-state index is 0.104. The zero-order chi connectivity index (χ0) is 29.5. The molecule has 1 aliphatic carbocycles. The number of nitrogens with two attached hydrogens (primary N) is 1. The van der Waals surface area contributed by atoms with Crippen LogP contribution in [-0.2, 0) is 25.5 Å². The molecule has 0 fully saturated rings. The lowest BCUT2D eigenvalue weighted by molar-refractivity contribution is -0.145. The first-order valence-electron chi connectivity index (χ1n) is 14.2. The molecule has 4 aromatic rings. The van der Waals surface area contributed by atoms with Crippen LogP contribution in [0.5, 0.6) is 0 Å². The largest absolute Gasteiger partial charge is 0.467 e. The molecule has 1 unspecified atom stereocenters. The van der Waals surface area contributed by atoms with E-state index in [-0.39, 0.29) is 18.9 Å². The second-order valence-corrected chi connectivity index (χ2v) is 10.5. The number of para-hydroxylation sites is 1. The highest BCUT2D eigenvalue weighted by atomic mass is 16.5. The van der Waals surface area contributed by atoms with E-state index in [2.05, 4.69) is 27.8 Å². The van der Waals surface area contributed by atoms with Gasteiger partial charge in [0, 0.05) is 29.4 Å². The van der Waals surface area contributed by atoms with Gasteiger partial charge in [0.05, 0.1) is 7.11 Å². The summed E-state index contributed by atoms with van der Waals surface area (Å²) in [5.41, 5.74) is 11.9. The van der Waals surface area contributed by atoms with Crippen molar-refractivity contribution in [2.24, 2.45) is 5.73 Å². The number of benzene rings is 3. The van der Waals surface area contributed by atoms with Crippen molar-refractivity contribution in [2.45, 2.75) is 43.7 Å². The summed E-state index contributed by atoms with van der Waals surface area (Å²) in [7, 11) is 1.28. The van der Waals surface area contributed by atoms with Gasteiger partial charge in [-0.1, -0.05) is 66.7 Å². The second-order valence-electron chi connectivity index (χ2n) is 10.5. The van der Waals surface area contributed by atoms with Gasteiger partial charge in [-0.15, -0.1) is 0 Å². The molecule has 42 heavy (non-hydrogen) atoms. The van der Waals surface area contributed by atoms with E-state index in [0.29, 0.717) is 25.8 Å². The molecule has 9 nitrogen and oxygen atoms in total. The fourth-order valence-corrected chi connectivity index (χ4v) is 5.67. The monoisotopic (exact) mass is 568 g/mol. The van der Waals surface area contributed by atoms with Crippen LogP contribution < -0.4 is 16.4 Å². The molecule has 0 bridgehead atoms. The Labute approximate surface area is 244 Å². The molecular weight excluding hydrogens is 532 g/mol. The van der Waals surface area contributed by atoms with Gasteiger partial charge in [-0.2, -0.15) is 0 Å². The van der Waals surface area contributed by atoms with Gasteiger partial charge >= 0.3 is 12.1 Å². The molecule has 0 spiro atoms. The van der Waals surface area contributed by atoms with E-state index in [9.17, 15) is 14.4 Å². The van der Waals surface area contributed by atoms with Crippen molar-refractivity contribution in [3.05, 3.63) is 95.7 Å². The molecule has 5 N–H and O–H groups in total. The van der Waals surface area contributed by atoms with E-state index in [4.69, 9.17) is 15.2 Å². The molecule has 1 heterocycles. The summed E-state index contributed by atoms with van der Waals surface area (Å²) in [6.45, 7) is 0.590. The molecule has 2 amide bonds. The van der Waals surface area contributed by atoms with Crippen LogP contribution in [0.25, 0.3) is 22.0 Å².